The normalized spacial score (nSPS) is 10.4. The van der Waals surface area contributed by atoms with Crippen molar-refractivity contribution in [2.24, 2.45) is 0 Å². The van der Waals surface area contributed by atoms with E-state index in [1.165, 1.54) is 18.2 Å². The summed E-state index contributed by atoms with van der Waals surface area (Å²) in [7, 11) is 3.54. The third kappa shape index (κ3) is 4.64. The molecule has 6 heteroatoms. The van der Waals surface area contributed by atoms with Gasteiger partial charge in [-0.25, -0.2) is 4.39 Å². The van der Waals surface area contributed by atoms with Gasteiger partial charge in [-0.1, -0.05) is 18.2 Å². The SMILES string of the molecule is CNCCN(C)C(=O)c1ccc(C)c(NC(=O)c2ccccc2F)c1. The van der Waals surface area contributed by atoms with Crippen LogP contribution in [0.15, 0.2) is 42.5 Å². The first kappa shape index (κ1) is 18.6. The van der Waals surface area contributed by atoms with Crippen molar-refractivity contribution in [1.29, 1.82) is 0 Å². The van der Waals surface area contributed by atoms with E-state index in [2.05, 4.69) is 10.6 Å². The van der Waals surface area contributed by atoms with Gasteiger partial charge in [0.25, 0.3) is 11.8 Å². The van der Waals surface area contributed by atoms with Gasteiger partial charge in [0.05, 0.1) is 5.56 Å². The fourth-order valence-electron chi connectivity index (χ4n) is 2.33. The van der Waals surface area contributed by atoms with Gasteiger partial charge in [-0.05, 0) is 43.8 Å². The average molecular weight is 343 g/mol. The van der Waals surface area contributed by atoms with Crippen LogP contribution < -0.4 is 10.6 Å². The molecule has 2 amide bonds. The number of nitrogens with zero attached hydrogens (tertiary/aromatic N) is 1. The smallest absolute Gasteiger partial charge is 0.258 e. The minimum Gasteiger partial charge on any atom is -0.340 e. The topological polar surface area (TPSA) is 61.4 Å². The molecule has 0 aliphatic carbocycles. The number of carbonyl (C=O) groups is 2. The molecule has 0 atom stereocenters. The second kappa shape index (κ2) is 8.39. The van der Waals surface area contributed by atoms with Crippen LogP contribution in [0.25, 0.3) is 0 Å². The maximum atomic E-state index is 13.7. The number of amides is 2. The molecule has 5 nitrogen and oxygen atoms in total. The van der Waals surface area contributed by atoms with Gasteiger partial charge in [0.1, 0.15) is 5.82 Å². The van der Waals surface area contributed by atoms with E-state index in [0.29, 0.717) is 24.3 Å². The lowest BCUT2D eigenvalue weighted by atomic mass is 10.1. The molecule has 0 saturated heterocycles. The Kier molecular flexibility index (Phi) is 6.25. The van der Waals surface area contributed by atoms with E-state index >= 15 is 0 Å². The number of carbonyl (C=O) groups excluding carboxylic acids is 2. The van der Waals surface area contributed by atoms with Crippen molar-refractivity contribution < 1.29 is 14.0 Å². The van der Waals surface area contributed by atoms with Gasteiger partial charge < -0.3 is 15.5 Å². The number of hydrogen-bond donors (Lipinski definition) is 2. The minimum atomic E-state index is -0.586. The summed E-state index contributed by atoms with van der Waals surface area (Å²) in [6.45, 7) is 3.07. The Morgan fingerprint density at radius 1 is 1.16 bits per heavy atom. The second-order valence-corrected chi connectivity index (χ2v) is 5.79. The number of likely N-dealkylation sites (N-methyl/N-ethyl adjacent to an activating group) is 2. The summed E-state index contributed by atoms with van der Waals surface area (Å²) in [5.74, 6) is -1.28. The first-order valence-electron chi connectivity index (χ1n) is 8.00. The van der Waals surface area contributed by atoms with E-state index in [1.54, 1.807) is 36.2 Å². The van der Waals surface area contributed by atoms with Gasteiger partial charge in [-0.2, -0.15) is 0 Å². The molecule has 0 heterocycles. The van der Waals surface area contributed by atoms with Crippen LogP contribution >= 0.6 is 0 Å². The third-order valence-electron chi connectivity index (χ3n) is 3.90. The van der Waals surface area contributed by atoms with Crippen molar-refractivity contribution in [3.63, 3.8) is 0 Å². The Balaban J connectivity index is 2.20. The molecule has 0 saturated carbocycles. The molecule has 132 valence electrons. The van der Waals surface area contributed by atoms with Gasteiger partial charge in [0.15, 0.2) is 0 Å². The Labute approximate surface area is 146 Å². The molecule has 0 aliphatic heterocycles. The van der Waals surface area contributed by atoms with Crippen LogP contribution in [0.1, 0.15) is 26.3 Å². The van der Waals surface area contributed by atoms with Crippen molar-refractivity contribution in [3.05, 3.63) is 65.0 Å². The lowest BCUT2D eigenvalue weighted by Gasteiger charge is -2.18. The van der Waals surface area contributed by atoms with E-state index in [9.17, 15) is 14.0 Å². The zero-order valence-corrected chi connectivity index (χ0v) is 14.6. The lowest BCUT2D eigenvalue weighted by Crippen LogP contribution is -2.32. The van der Waals surface area contributed by atoms with Gasteiger partial charge in [-0.15, -0.1) is 0 Å². The average Bonchev–Trinajstić information content (AvgIpc) is 2.61. The molecule has 0 aliphatic rings. The molecule has 2 N–H and O–H groups in total. The van der Waals surface area contributed by atoms with Crippen LogP contribution in [-0.2, 0) is 0 Å². The molecule has 2 aromatic carbocycles. The molecule has 25 heavy (non-hydrogen) atoms. The Bertz CT molecular complexity index is 777. The summed E-state index contributed by atoms with van der Waals surface area (Å²) >= 11 is 0. The Morgan fingerprint density at radius 3 is 2.56 bits per heavy atom. The fraction of sp³-hybridized carbons (Fsp3) is 0.263. The summed E-state index contributed by atoms with van der Waals surface area (Å²) in [5, 5.41) is 5.67. The first-order chi connectivity index (χ1) is 11.9. The molecule has 0 bridgehead atoms. The third-order valence-corrected chi connectivity index (χ3v) is 3.90. The van der Waals surface area contributed by atoms with E-state index < -0.39 is 11.7 Å². The second-order valence-electron chi connectivity index (χ2n) is 5.79. The van der Waals surface area contributed by atoms with Crippen LogP contribution in [0, 0.1) is 12.7 Å². The first-order valence-corrected chi connectivity index (χ1v) is 8.00. The van der Waals surface area contributed by atoms with Crippen molar-refractivity contribution in [2.45, 2.75) is 6.92 Å². The standard InChI is InChI=1S/C19H22FN3O2/c1-13-8-9-14(19(25)23(3)11-10-21-2)12-17(13)22-18(24)15-6-4-5-7-16(15)20/h4-9,12,21H,10-11H2,1-3H3,(H,22,24). The Morgan fingerprint density at radius 2 is 1.88 bits per heavy atom. The highest BCUT2D eigenvalue weighted by atomic mass is 19.1. The summed E-state index contributed by atoms with van der Waals surface area (Å²) in [4.78, 5) is 26.3. The predicted octanol–water partition coefficient (Wildman–Crippen LogP) is 2.68. The maximum absolute atomic E-state index is 13.7. The minimum absolute atomic E-state index is 0.0373. The highest BCUT2D eigenvalue weighted by Crippen LogP contribution is 2.19. The number of anilines is 1. The van der Waals surface area contributed by atoms with Gasteiger partial charge in [-0.3, -0.25) is 9.59 Å². The number of nitrogens with one attached hydrogen (secondary N) is 2. The summed E-state index contributed by atoms with van der Waals surface area (Å²) in [5.41, 5.74) is 1.71. The van der Waals surface area contributed by atoms with Crippen molar-refractivity contribution in [2.75, 3.05) is 32.5 Å². The zero-order valence-electron chi connectivity index (χ0n) is 14.6. The quantitative estimate of drug-likeness (QED) is 0.848. The molecule has 2 aromatic rings. The van der Waals surface area contributed by atoms with E-state index in [-0.39, 0.29) is 11.5 Å². The van der Waals surface area contributed by atoms with Crippen LogP contribution in [0.2, 0.25) is 0 Å². The summed E-state index contributed by atoms with van der Waals surface area (Å²) < 4.78 is 13.7. The maximum Gasteiger partial charge on any atom is 0.258 e. The highest BCUT2D eigenvalue weighted by Gasteiger charge is 2.15. The number of aryl methyl sites for hydroxylation is 1. The molecule has 0 aromatic heterocycles. The van der Waals surface area contributed by atoms with Crippen LogP contribution in [0.5, 0.6) is 0 Å². The molecule has 0 fully saturated rings. The number of rotatable bonds is 6. The monoisotopic (exact) mass is 343 g/mol. The molecule has 2 rings (SSSR count). The number of hydrogen-bond acceptors (Lipinski definition) is 3. The van der Waals surface area contributed by atoms with Crippen LogP contribution in [0.3, 0.4) is 0 Å². The number of benzene rings is 2. The largest absolute Gasteiger partial charge is 0.340 e. The zero-order chi connectivity index (χ0) is 18.4. The van der Waals surface area contributed by atoms with Crippen molar-refractivity contribution in [3.8, 4) is 0 Å². The molecular weight excluding hydrogens is 321 g/mol. The van der Waals surface area contributed by atoms with Crippen LogP contribution in [-0.4, -0.2) is 43.9 Å². The van der Waals surface area contributed by atoms with E-state index in [1.807, 2.05) is 14.0 Å². The van der Waals surface area contributed by atoms with Crippen molar-refractivity contribution >= 4 is 17.5 Å². The predicted molar refractivity (Wildman–Crippen MR) is 96.4 cm³/mol. The molecular formula is C19H22FN3O2. The molecule has 0 spiro atoms. The Hall–Kier alpha value is -2.73. The van der Waals surface area contributed by atoms with E-state index in [0.717, 1.165) is 5.56 Å². The highest BCUT2D eigenvalue weighted by molar-refractivity contribution is 6.05. The lowest BCUT2D eigenvalue weighted by molar-refractivity contribution is 0.0796. The van der Waals surface area contributed by atoms with Crippen LogP contribution in [0.4, 0.5) is 10.1 Å². The van der Waals surface area contributed by atoms with Gasteiger partial charge >= 0.3 is 0 Å². The van der Waals surface area contributed by atoms with Crippen molar-refractivity contribution in [1.82, 2.24) is 10.2 Å². The van der Waals surface area contributed by atoms with E-state index in [4.69, 9.17) is 0 Å². The summed E-state index contributed by atoms with van der Waals surface area (Å²) in [6, 6.07) is 10.9. The molecule has 0 unspecified atom stereocenters. The number of halogens is 1. The molecule has 0 radical (unpaired) electrons. The fourth-order valence-corrected chi connectivity index (χ4v) is 2.33. The summed E-state index contributed by atoms with van der Waals surface area (Å²) in [6.07, 6.45) is 0. The van der Waals surface area contributed by atoms with Gasteiger partial charge in [0, 0.05) is 31.4 Å². The van der Waals surface area contributed by atoms with Gasteiger partial charge in [0.2, 0.25) is 0 Å².